The minimum Gasteiger partial charge on any atom is -0.449 e. The standard InChI is InChI=1S/C17H19ClN4O4/c18-13-4-6-14(7-5-13)21-17(23)26-11-3-1-2-10-19-16-9-8-15(12-20-16)22(24)25/h4-9,12H,1-3,10-11H2,(H,19,20)(H,21,23). The third kappa shape index (κ3) is 6.94. The number of nitrogens with zero attached hydrogens (tertiary/aromatic N) is 2. The number of ether oxygens (including phenoxy) is 1. The van der Waals surface area contributed by atoms with E-state index < -0.39 is 11.0 Å². The minimum absolute atomic E-state index is 0.0374. The number of halogens is 1. The number of carbonyl (C=O) groups is 1. The summed E-state index contributed by atoms with van der Waals surface area (Å²) in [6.45, 7) is 1.01. The highest BCUT2D eigenvalue weighted by molar-refractivity contribution is 6.30. The fourth-order valence-corrected chi connectivity index (χ4v) is 2.20. The predicted molar refractivity (Wildman–Crippen MR) is 99.7 cm³/mol. The van der Waals surface area contributed by atoms with Gasteiger partial charge in [-0.05, 0) is 49.6 Å². The molecule has 0 saturated carbocycles. The lowest BCUT2D eigenvalue weighted by atomic mass is 10.2. The van der Waals surface area contributed by atoms with Crippen molar-refractivity contribution in [2.75, 3.05) is 23.8 Å². The molecule has 0 radical (unpaired) electrons. The molecule has 1 heterocycles. The van der Waals surface area contributed by atoms with E-state index in [-0.39, 0.29) is 5.69 Å². The summed E-state index contributed by atoms with van der Waals surface area (Å²) in [6.07, 6.45) is 3.19. The Balaban J connectivity index is 1.53. The van der Waals surface area contributed by atoms with E-state index in [9.17, 15) is 14.9 Å². The number of nitrogens with one attached hydrogen (secondary N) is 2. The van der Waals surface area contributed by atoms with Crippen LogP contribution in [0.5, 0.6) is 0 Å². The molecule has 9 heteroatoms. The van der Waals surface area contributed by atoms with E-state index in [4.69, 9.17) is 16.3 Å². The summed E-state index contributed by atoms with van der Waals surface area (Å²) in [7, 11) is 0. The topological polar surface area (TPSA) is 106 Å². The van der Waals surface area contributed by atoms with Crippen LogP contribution in [0.2, 0.25) is 5.02 Å². The molecule has 1 amide bonds. The van der Waals surface area contributed by atoms with Crippen molar-refractivity contribution < 1.29 is 14.5 Å². The van der Waals surface area contributed by atoms with Crippen LogP contribution in [0.1, 0.15) is 19.3 Å². The van der Waals surface area contributed by atoms with E-state index in [1.165, 1.54) is 12.3 Å². The maximum atomic E-state index is 11.6. The van der Waals surface area contributed by atoms with Gasteiger partial charge in [0.2, 0.25) is 0 Å². The molecule has 0 spiro atoms. The van der Waals surface area contributed by atoms with Gasteiger partial charge < -0.3 is 10.1 Å². The van der Waals surface area contributed by atoms with E-state index in [0.717, 1.165) is 19.3 Å². The lowest BCUT2D eigenvalue weighted by Crippen LogP contribution is -2.14. The number of pyridine rings is 1. The van der Waals surface area contributed by atoms with Crippen LogP contribution in [0.25, 0.3) is 0 Å². The summed E-state index contributed by atoms with van der Waals surface area (Å²) in [5, 5.41) is 16.8. The average Bonchev–Trinajstić information content (AvgIpc) is 2.63. The van der Waals surface area contributed by atoms with Crippen molar-refractivity contribution in [2.24, 2.45) is 0 Å². The van der Waals surface area contributed by atoms with Crippen LogP contribution in [0.3, 0.4) is 0 Å². The van der Waals surface area contributed by atoms with Crippen LogP contribution in [0, 0.1) is 10.1 Å². The molecule has 0 fully saturated rings. The van der Waals surface area contributed by atoms with Gasteiger partial charge in [-0.2, -0.15) is 0 Å². The number of unbranched alkanes of at least 4 members (excludes halogenated alkanes) is 2. The Kier molecular flexibility index (Phi) is 7.63. The monoisotopic (exact) mass is 378 g/mol. The number of benzene rings is 1. The van der Waals surface area contributed by atoms with Gasteiger partial charge >= 0.3 is 6.09 Å². The van der Waals surface area contributed by atoms with Gasteiger partial charge in [0.25, 0.3) is 5.69 Å². The van der Waals surface area contributed by atoms with Crippen LogP contribution in [0.15, 0.2) is 42.6 Å². The second-order valence-electron chi connectivity index (χ2n) is 5.41. The Morgan fingerprint density at radius 2 is 1.92 bits per heavy atom. The molecular formula is C17H19ClN4O4. The third-order valence-electron chi connectivity index (χ3n) is 3.41. The molecular weight excluding hydrogens is 360 g/mol. The fourth-order valence-electron chi connectivity index (χ4n) is 2.07. The van der Waals surface area contributed by atoms with E-state index in [0.29, 0.717) is 29.7 Å². The van der Waals surface area contributed by atoms with Gasteiger partial charge in [-0.15, -0.1) is 0 Å². The average molecular weight is 379 g/mol. The second kappa shape index (κ2) is 10.2. The Morgan fingerprint density at radius 3 is 2.58 bits per heavy atom. The summed E-state index contributed by atoms with van der Waals surface area (Å²) in [5.74, 6) is 0.592. The smallest absolute Gasteiger partial charge is 0.411 e. The van der Waals surface area contributed by atoms with Crippen molar-refractivity contribution in [1.82, 2.24) is 4.98 Å². The van der Waals surface area contributed by atoms with Gasteiger partial charge in [-0.1, -0.05) is 11.6 Å². The van der Waals surface area contributed by atoms with Gasteiger partial charge in [-0.25, -0.2) is 9.78 Å². The van der Waals surface area contributed by atoms with Crippen LogP contribution >= 0.6 is 11.6 Å². The van der Waals surface area contributed by atoms with E-state index >= 15 is 0 Å². The lowest BCUT2D eigenvalue weighted by molar-refractivity contribution is -0.385. The first-order valence-electron chi connectivity index (χ1n) is 8.08. The molecule has 2 aromatic rings. The quantitative estimate of drug-likeness (QED) is 0.378. The highest BCUT2D eigenvalue weighted by Gasteiger charge is 2.05. The highest BCUT2D eigenvalue weighted by Crippen LogP contribution is 2.14. The Labute approximate surface area is 155 Å². The molecule has 1 aromatic heterocycles. The Bertz CT molecular complexity index is 723. The van der Waals surface area contributed by atoms with Crippen molar-refractivity contribution >= 4 is 34.9 Å². The Hall–Kier alpha value is -2.87. The SMILES string of the molecule is O=C(Nc1ccc(Cl)cc1)OCCCCCNc1ccc([N+](=O)[O-])cn1. The molecule has 0 unspecified atom stereocenters. The van der Waals surface area contributed by atoms with Crippen molar-refractivity contribution in [2.45, 2.75) is 19.3 Å². The van der Waals surface area contributed by atoms with Crippen LogP contribution in [-0.2, 0) is 4.74 Å². The number of rotatable bonds is 9. The molecule has 0 atom stereocenters. The molecule has 2 rings (SSSR count). The van der Waals surface area contributed by atoms with Crippen molar-refractivity contribution in [1.29, 1.82) is 0 Å². The zero-order chi connectivity index (χ0) is 18.8. The maximum absolute atomic E-state index is 11.6. The summed E-state index contributed by atoms with van der Waals surface area (Å²) < 4.78 is 5.10. The van der Waals surface area contributed by atoms with Crippen molar-refractivity contribution in [3.8, 4) is 0 Å². The van der Waals surface area contributed by atoms with Crippen molar-refractivity contribution in [3.63, 3.8) is 0 Å². The predicted octanol–water partition coefficient (Wildman–Crippen LogP) is 4.47. The van der Waals surface area contributed by atoms with E-state index in [1.54, 1.807) is 30.3 Å². The molecule has 0 saturated heterocycles. The minimum atomic E-state index is -0.500. The largest absolute Gasteiger partial charge is 0.449 e. The number of hydrogen-bond donors (Lipinski definition) is 2. The zero-order valence-electron chi connectivity index (χ0n) is 14.0. The first-order valence-corrected chi connectivity index (χ1v) is 8.46. The van der Waals surface area contributed by atoms with Gasteiger partial charge in [0, 0.05) is 23.3 Å². The van der Waals surface area contributed by atoms with Gasteiger partial charge in [0.1, 0.15) is 12.0 Å². The first kappa shape index (κ1) is 19.5. The molecule has 0 aliphatic heterocycles. The summed E-state index contributed by atoms with van der Waals surface area (Å²) >= 11 is 5.77. The number of amides is 1. The summed E-state index contributed by atoms with van der Waals surface area (Å²) in [4.78, 5) is 25.6. The molecule has 0 aliphatic carbocycles. The first-order chi connectivity index (χ1) is 12.5. The Morgan fingerprint density at radius 1 is 1.15 bits per heavy atom. The number of carbonyl (C=O) groups excluding carboxylic acids is 1. The maximum Gasteiger partial charge on any atom is 0.411 e. The van der Waals surface area contributed by atoms with Crippen LogP contribution in [-0.4, -0.2) is 29.2 Å². The number of hydrogen-bond acceptors (Lipinski definition) is 6. The highest BCUT2D eigenvalue weighted by atomic mass is 35.5. The van der Waals surface area contributed by atoms with Gasteiger partial charge in [0.05, 0.1) is 11.5 Å². The molecule has 0 aliphatic rings. The molecule has 138 valence electrons. The molecule has 8 nitrogen and oxygen atoms in total. The summed E-state index contributed by atoms with van der Waals surface area (Å²) in [5.41, 5.74) is 0.587. The fraction of sp³-hybridized carbons (Fsp3) is 0.294. The van der Waals surface area contributed by atoms with Crippen LogP contribution in [0.4, 0.5) is 22.0 Å². The van der Waals surface area contributed by atoms with Crippen LogP contribution < -0.4 is 10.6 Å². The molecule has 1 aromatic carbocycles. The number of nitro groups is 1. The normalized spacial score (nSPS) is 10.2. The van der Waals surface area contributed by atoms with E-state index in [2.05, 4.69) is 15.6 Å². The van der Waals surface area contributed by atoms with Gasteiger partial charge in [-0.3, -0.25) is 15.4 Å². The molecule has 0 bridgehead atoms. The number of aromatic nitrogens is 1. The van der Waals surface area contributed by atoms with Crippen molar-refractivity contribution in [3.05, 3.63) is 57.7 Å². The molecule has 26 heavy (non-hydrogen) atoms. The number of anilines is 2. The third-order valence-corrected chi connectivity index (χ3v) is 3.66. The van der Waals surface area contributed by atoms with Gasteiger partial charge in [0.15, 0.2) is 0 Å². The lowest BCUT2D eigenvalue weighted by Gasteiger charge is -2.07. The zero-order valence-corrected chi connectivity index (χ0v) is 14.7. The molecule has 2 N–H and O–H groups in total. The second-order valence-corrected chi connectivity index (χ2v) is 5.85. The summed E-state index contributed by atoms with van der Waals surface area (Å²) in [6, 6.07) is 9.74. The van der Waals surface area contributed by atoms with E-state index in [1.807, 2.05) is 0 Å².